The Morgan fingerprint density at radius 1 is 1.14 bits per heavy atom. The van der Waals surface area contributed by atoms with Crippen LogP contribution in [0.4, 0.5) is 9.59 Å². The maximum Gasteiger partial charge on any atom is 0.410 e. The van der Waals surface area contributed by atoms with Gasteiger partial charge in [0.1, 0.15) is 23.5 Å². The molecule has 4 aliphatic rings. The third-order valence-electron chi connectivity index (χ3n) is 10.4. The van der Waals surface area contributed by atoms with Crippen molar-refractivity contribution in [3.63, 3.8) is 0 Å². The topological polar surface area (TPSA) is 155 Å². The molecule has 49 heavy (non-hydrogen) atoms. The van der Waals surface area contributed by atoms with Gasteiger partial charge in [-0.2, -0.15) is 0 Å². The number of benzene rings is 1. The maximum atomic E-state index is 14.4. The third kappa shape index (κ3) is 7.60. The Bertz CT molecular complexity index is 1570. The number of carbonyl (C=O) groups excluding carboxylic acids is 4. The van der Waals surface area contributed by atoms with Crippen molar-refractivity contribution in [2.45, 2.75) is 110 Å². The Morgan fingerprint density at radius 2 is 1.86 bits per heavy atom. The normalized spacial score (nSPS) is 30.3. The number of carbonyl (C=O) groups is 4. The highest BCUT2D eigenvalue weighted by Gasteiger charge is 2.65. The van der Waals surface area contributed by atoms with E-state index in [-0.39, 0.29) is 31.4 Å². The van der Waals surface area contributed by atoms with Gasteiger partial charge >= 0.3 is 12.2 Å². The maximum absolute atomic E-state index is 14.4. The van der Waals surface area contributed by atoms with Crippen LogP contribution in [0, 0.1) is 16.7 Å². The van der Waals surface area contributed by atoms with Crippen LogP contribution < -0.4 is 10.6 Å². The van der Waals surface area contributed by atoms with Gasteiger partial charge < -0.3 is 29.9 Å². The van der Waals surface area contributed by atoms with Gasteiger partial charge in [-0.1, -0.05) is 71.9 Å². The van der Waals surface area contributed by atoms with Crippen LogP contribution in [0.2, 0.25) is 0 Å². The standard InChI is InChI=1S/C36H51N4O8P/c1-8-25-18-36(25,49(45,46)9-2)38-30(41)28-17-26-20-40(28)31(42)29(34(3,4)5)37-32(43)47-22-35(6,7)16-11-10-13-23-14-12-15-24-19-39(21-27(23)24)33(44)48-26/h8-9,12,14-15,25-26,28-29H,1-2,10-11,13,16-22H2,3-7H3,(H,37,43)(H,38,41)(H,45,46)/t25-,26+,28-,29+,36+/m0/s1. The molecule has 4 amide bonds. The second-order valence-corrected chi connectivity index (χ2v) is 18.2. The van der Waals surface area contributed by atoms with E-state index in [0.29, 0.717) is 13.1 Å². The monoisotopic (exact) mass is 698 g/mol. The van der Waals surface area contributed by atoms with Crippen molar-refractivity contribution in [3.05, 3.63) is 59.9 Å². The van der Waals surface area contributed by atoms with Gasteiger partial charge in [0, 0.05) is 25.4 Å². The van der Waals surface area contributed by atoms with Gasteiger partial charge in [-0.3, -0.25) is 19.1 Å². The molecular weight excluding hydrogens is 647 g/mol. The van der Waals surface area contributed by atoms with Crippen molar-refractivity contribution in [2.75, 3.05) is 13.2 Å². The molecule has 1 saturated carbocycles. The summed E-state index contributed by atoms with van der Waals surface area (Å²) in [5, 5.41) is 4.01. The summed E-state index contributed by atoms with van der Waals surface area (Å²) in [4.78, 5) is 68.8. The van der Waals surface area contributed by atoms with Gasteiger partial charge in [0.25, 0.3) is 0 Å². The van der Waals surface area contributed by atoms with E-state index in [4.69, 9.17) is 9.47 Å². The average molecular weight is 699 g/mol. The zero-order valence-electron chi connectivity index (χ0n) is 29.3. The molecule has 1 aromatic carbocycles. The number of nitrogens with one attached hydrogen (secondary N) is 2. The number of rotatable bonds is 5. The Hall–Kier alpha value is -3.63. The molecule has 3 heterocycles. The summed E-state index contributed by atoms with van der Waals surface area (Å²) in [7, 11) is -4.06. The molecule has 2 fully saturated rings. The lowest BCUT2D eigenvalue weighted by Crippen LogP contribution is -2.58. The van der Waals surface area contributed by atoms with Gasteiger partial charge in [-0.25, -0.2) is 9.59 Å². The van der Waals surface area contributed by atoms with E-state index in [9.17, 15) is 28.6 Å². The Kier molecular flexibility index (Phi) is 10.2. The van der Waals surface area contributed by atoms with E-state index >= 15 is 0 Å². The van der Waals surface area contributed by atoms with Crippen molar-refractivity contribution in [1.29, 1.82) is 0 Å². The molecule has 6 atom stereocenters. The second kappa shape index (κ2) is 13.6. The van der Waals surface area contributed by atoms with Gasteiger partial charge in [0.05, 0.1) is 13.2 Å². The number of nitrogens with zero attached hydrogens (tertiary/aromatic N) is 2. The van der Waals surface area contributed by atoms with Crippen LogP contribution in [0.25, 0.3) is 0 Å². The van der Waals surface area contributed by atoms with Crippen molar-refractivity contribution < 1.29 is 38.1 Å². The highest BCUT2D eigenvalue weighted by atomic mass is 31.2. The van der Waals surface area contributed by atoms with Crippen LogP contribution in [-0.2, 0) is 43.1 Å². The summed E-state index contributed by atoms with van der Waals surface area (Å²) in [5.74, 6) is -0.742. The lowest BCUT2D eigenvalue weighted by molar-refractivity contribution is -0.142. The van der Waals surface area contributed by atoms with Crippen LogP contribution >= 0.6 is 7.37 Å². The van der Waals surface area contributed by atoms with E-state index in [2.05, 4.69) is 29.9 Å². The zero-order valence-corrected chi connectivity index (χ0v) is 30.2. The smallest absolute Gasteiger partial charge is 0.410 e. The summed E-state index contributed by atoms with van der Waals surface area (Å²) in [6.45, 7) is 17.5. The first-order chi connectivity index (χ1) is 22.9. The number of hydrogen-bond donors (Lipinski definition) is 3. The van der Waals surface area contributed by atoms with Crippen molar-refractivity contribution in [2.24, 2.45) is 16.7 Å². The fourth-order valence-electron chi connectivity index (χ4n) is 7.28. The van der Waals surface area contributed by atoms with E-state index in [1.54, 1.807) is 25.7 Å². The zero-order chi connectivity index (χ0) is 35.9. The molecule has 4 bridgehead atoms. The molecule has 3 aliphatic heterocycles. The Balaban J connectivity index is 1.46. The van der Waals surface area contributed by atoms with E-state index in [1.807, 2.05) is 26.0 Å². The molecule has 3 N–H and O–H groups in total. The van der Waals surface area contributed by atoms with Crippen molar-refractivity contribution >= 4 is 31.4 Å². The number of alkyl carbamates (subject to hydrolysis) is 1. The molecule has 0 spiro atoms. The fourth-order valence-corrected chi connectivity index (χ4v) is 8.91. The van der Waals surface area contributed by atoms with Crippen molar-refractivity contribution in [3.8, 4) is 0 Å². The lowest BCUT2D eigenvalue weighted by atomic mass is 9.85. The summed E-state index contributed by atoms with van der Waals surface area (Å²) >= 11 is 0. The van der Waals surface area contributed by atoms with Crippen LogP contribution in [0.3, 0.4) is 0 Å². The molecule has 12 nitrogen and oxygen atoms in total. The number of ether oxygens (including phenoxy) is 2. The first-order valence-corrected chi connectivity index (χ1v) is 18.8. The Labute approximate surface area is 289 Å². The minimum absolute atomic E-state index is 0.0382. The summed E-state index contributed by atoms with van der Waals surface area (Å²) in [6, 6.07) is 3.86. The molecule has 1 saturated heterocycles. The molecule has 1 aliphatic carbocycles. The first kappa shape index (κ1) is 36.6. The van der Waals surface area contributed by atoms with Gasteiger partial charge in [-0.15, -0.1) is 6.58 Å². The highest BCUT2D eigenvalue weighted by Crippen LogP contribution is 2.70. The van der Waals surface area contributed by atoms with Crippen LogP contribution in [0.5, 0.6) is 0 Å². The number of aryl methyl sites for hydroxylation is 1. The molecule has 1 unspecified atom stereocenters. The summed E-state index contributed by atoms with van der Waals surface area (Å²) < 4.78 is 24.8. The highest BCUT2D eigenvalue weighted by molar-refractivity contribution is 7.63. The van der Waals surface area contributed by atoms with E-state index in [1.165, 1.54) is 16.5 Å². The predicted molar refractivity (Wildman–Crippen MR) is 184 cm³/mol. The molecule has 0 radical (unpaired) electrons. The summed E-state index contributed by atoms with van der Waals surface area (Å²) in [5.41, 5.74) is 2.26. The van der Waals surface area contributed by atoms with Gasteiger partial charge in [-0.05, 0) is 59.0 Å². The van der Waals surface area contributed by atoms with Crippen molar-refractivity contribution in [1.82, 2.24) is 20.4 Å². The van der Waals surface area contributed by atoms with E-state index in [0.717, 1.165) is 42.6 Å². The SMILES string of the molecule is C=C[C@H]1C[C@@]1(NC(=O)[C@@H]1C[C@@H]2CN1C(=O)[C@H](C(C)(C)C)NC(=O)OCC(C)(C)CCCCc1cccc3c1CN(C3)C(=O)O2)P(=O)(O)C=C. The largest absolute Gasteiger partial charge is 0.449 e. The molecule has 1 aromatic rings. The van der Waals surface area contributed by atoms with Gasteiger partial charge in [0.2, 0.25) is 19.2 Å². The Morgan fingerprint density at radius 3 is 2.51 bits per heavy atom. The quantitative estimate of drug-likeness (QED) is 0.272. The third-order valence-corrected chi connectivity index (χ3v) is 12.7. The number of cyclic esters (lactones) is 1. The minimum Gasteiger partial charge on any atom is -0.449 e. The van der Waals surface area contributed by atoms with E-state index < -0.39 is 66.2 Å². The first-order valence-electron chi connectivity index (χ1n) is 17.1. The second-order valence-electron chi connectivity index (χ2n) is 15.8. The predicted octanol–water partition coefficient (Wildman–Crippen LogP) is 5.43. The fraction of sp³-hybridized carbons (Fsp3) is 0.611. The van der Waals surface area contributed by atoms with Crippen LogP contribution in [0.1, 0.15) is 83.4 Å². The lowest BCUT2D eigenvalue weighted by Gasteiger charge is -2.36. The van der Waals surface area contributed by atoms with Crippen LogP contribution in [0.15, 0.2) is 43.3 Å². The average Bonchev–Trinajstić information content (AvgIpc) is 3.35. The minimum atomic E-state index is -4.06. The van der Waals surface area contributed by atoms with Crippen LogP contribution in [-0.4, -0.2) is 75.3 Å². The molecule has 268 valence electrons. The van der Waals surface area contributed by atoms with Gasteiger partial charge in [0.15, 0.2) is 0 Å². The molecule has 0 aromatic heterocycles. The molecular formula is C36H51N4O8P. The number of hydrogen-bond acceptors (Lipinski definition) is 7. The number of amides is 4. The molecule has 5 rings (SSSR count). The summed E-state index contributed by atoms with van der Waals surface area (Å²) in [6.07, 6.45) is 3.05. The molecule has 13 heteroatoms. The number of fused-ring (bicyclic) bond motifs is 3.